The molecule has 1 atom stereocenters. The molecule has 8 heteroatoms. The highest BCUT2D eigenvalue weighted by Crippen LogP contribution is 2.38. The molecule has 1 N–H and O–H groups in total. The molecule has 1 unspecified atom stereocenters. The smallest absolute Gasteiger partial charge is 0.267 e. The minimum Gasteiger partial charge on any atom is -0.479 e. The van der Waals surface area contributed by atoms with Crippen LogP contribution in [0.25, 0.3) is 16.9 Å². The summed E-state index contributed by atoms with van der Waals surface area (Å²) < 4.78 is 7.88. The predicted molar refractivity (Wildman–Crippen MR) is 122 cm³/mol. The topological polar surface area (TPSA) is 62.1 Å². The summed E-state index contributed by atoms with van der Waals surface area (Å²) in [4.78, 5) is 21.5. The van der Waals surface area contributed by atoms with Crippen molar-refractivity contribution in [2.75, 3.05) is 38.1 Å². The number of ether oxygens (including phenoxy) is 1. The van der Waals surface area contributed by atoms with Gasteiger partial charge in [0.1, 0.15) is 11.4 Å². The van der Waals surface area contributed by atoms with Crippen molar-refractivity contribution < 1.29 is 9.53 Å². The molecular formula is C23H26ClN5O2. The van der Waals surface area contributed by atoms with E-state index >= 15 is 0 Å². The van der Waals surface area contributed by atoms with Gasteiger partial charge >= 0.3 is 0 Å². The van der Waals surface area contributed by atoms with E-state index in [1.165, 1.54) is 0 Å². The maximum Gasteiger partial charge on any atom is 0.267 e. The lowest BCUT2D eigenvalue weighted by molar-refractivity contribution is -0.125. The van der Waals surface area contributed by atoms with Gasteiger partial charge in [0.15, 0.2) is 6.10 Å². The number of nitrogens with one attached hydrogen (secondary N) is 1. The van der Waals surface area contributed by atoms with E-state index < -0.39 is 6.10 Å². The van der Waals surface area contributed by atoms with E-state index in [0.717, 1.165) is 67.4 Å². The van der Waals surface area contributed by atoms with E-state index in [9.17, 15) is 4.79 Å². The maximum absolute atomic E-state index is 12.4. The Morgan fingerprint density at radius 1 is 1.23 bits per heavy atom. The number of carbonyl (C=O) groups is 1. The summed E-state index contributed by atoms with van der Waals surface area (Å²) in [5, 5.41) is 4.13. The Morgan fingerprint density at radius 3 is 2.97 bits per heavy atom. The molecule has 3 aromatic rings. The van der Waals surface area contributed by atoms with Gasteiger partial charge in [-0.25, -0.2) is 4.98 Å². The maximum atomic E-state index is 12.4. The number of pyridine rings is 1. The molecule has 2 aliphatic heterocycles. The van der Waals surface area contributed by atoms with Gasteiger partial charge in [0.25, 0.3) is 5.91 Å². The van der Waals surface area contributed by atoms with E-state index in [1.807, 2.05) is 36.5 Å². The van der Waals surface area contributed by atoms with Crippen LogP contribution in [0.1, 0.15) is 19.0 Å². The average molecular weight is 440 g/mol. The molecule has 4 heterocycles. The number of hydrogen-bond acceptors (Lipinski definition) is 5. The Bertz CT molecular complexity index is 1140. The van der Waals surface area contributed by atoms with E-state index in [0.29, 0.717) is 10.8 Å². The van der Waals surface area contributed by atoms with Gasteiger partial charge in [0.05, 0.1) is 22.1 Å². The summed E-state index contributed by atoms with van der Waals surface area (Å²) in [5.41, 5.74) is 4.58. The number of anilines is 1. The number of fused-ring (bicyclic) bond motifs is 2. The number of imidazole rings is 1. The molecule has 0 bridgehead atoms. The highest BCUT2D eigenvalue weighted by atomic mass is 35.5. The first-order chi connectivity index (χ1) is 15.0. The number of carbonyl (C=O) groups excluding carboxylic acids is 1. The Morgan fingerprint density at radius 2 is 2.10 bits per heavy atom. The van der Waals surface area contributed by atoms with Crippen LogP contribution in [0.2, 0.25) is 5.02 Å². The number of rotatable bonds is 3. The predicted octanol–water partition coefficient (Wildman–Crippen LogP) is 3.19. The zero-order valence-electron chi connectivity index (χ0n) is 17.8. The van der Waals surface area contributed by atoms with Gasteiger partial charge in [-0.05, 0) is 56.8 Å². The van der Waals surface area contributed by atoms with Crippen LogP contribution in [0, 0.1) is 0 Å². The van der Waals surface area contributed by atoms with Gasteiger partial charge in [0, 0.05) is 38.4 Å². The van der Waals surface area contributed by atoms with Crippen molar-refractivity contribution in [3.05, 3.63) is 47.2 Å². The second-order valence-electron chi connectivity index (χ2n) is 8.20. The van der Waals surface area contributed by atoms with E-state index in [2.05, 4.69) is 14.6 Å². The van der Waals surface area contributed by atoms with Crippen molar-refractivity contribution in [3.63, 3.8) is 0 Å². The first-order valence-corrected chi connectivity index (χ1v) is 11.1. The van der Waals surface area contributed by atoms with Crippen molar-refractivity contribution in [2.45, 2.75) is 26.0 Å². The second-order valence-corrected chi connectivity index (χ2v) is 8.64. The molecule has 162 valence electrons. The number of likely N-dealkylation sites (N-methyl/N-ethyl adjacent to an activating group) is 1. The molecule has 0 saturated carbocycles. The third-order valence-electron chi connectivity index (χ3n) is 6.06. The molecule has 7 nitrogen and oxygen atoms in total. The summed E-state index contributed by atoms with van der Waals surface area (Å²) >= 11 is 6.33. The fourth-order valence-electron chi connectivity index (χ4n) is 4.38. The Kier molecular flexibility index (Phi) is 5.33. The SMILES string of the molecule is CC1Oc2ccc(-c3nc4ccc(Cl)cn4c3CN3CCCNCC3)cc2N(C)C1=O. The summed E-state index contributed by atoms with van der Waals surface area (Å²) in [6.45, 7) is 6.60. The van der Waals surface area contributed by atoms with E-state index in [4.69, 9.17) is 21.3 Å². The van der Waals surface area contributed by atoms with Crippen LogP contribution < -0.4 is 15.0 Å². The van der Waals surface area contributed by atoms with Crippen molar-refractivity contribution in [1.29, 1.82) is 0 Å². The number of hydrogen-bond donors (Lipinski definition) is 1. The summed E-state index contributed by atoms with van der Waals surface area (Å²) in [6.07, 6.45) is 2.57. The first-order valence-electron chi connectivity index (χ1n) is 10.7. The van der Waals surface area contributed by atoms with Crippen molar-refractivity contribution in [2.24, 2.45) is 0 Å². The van der Waals surface area contributed by atoms with Crippen LogP contribution in [0.15, 0.2) is 36.5 Å². The lowest BCUT2D eigenvalue weighted by atomic mass is 10.1. The lowest BCUT2D eigenvalue weighted by Gasteiger charge is -2.30. The normalized spacial score (nSPS) is 19.9. The zero-order valence-corrected chi connectivity index (χ0v) is 18.5. The number of benzene rings is 1. The van der Waals surface area contributed by atoms with Crippen LogP contribution in [-0.4, -0.2) is 59.5 Å². The average Bonchev–Trinajstić information content (AvgIpc) is 2.93. The van der Waals surface area contributed by atoms with Crippen LogP contribution in [0.3, 0.4) is 0 Å². The van der Waals surface area contributed by atoms with Crippen LogP contribution >= 0.6 is 11.6 Å². The highest BCUT2D eigenvalue weighted by Gasteiger charge is 2.29. The molecule has 2 aliphatic rings. The number of nitrogens with zero attached hydrogens (tertiary/aromatic N) is 4. The monoisotopic (exact) mass is 439 g/mol. The Balaban J connectivity index is 1.60. The van der Waals surface area contributed by atoms with E-state index in [-0.39, 0.29) is 5.91 Å². The molecule has 0 aliphatic carbocycles. The lowest BCUT2D eigenvalue weighted by Crippen LogP contribution is -2.41. The van der Waals surface area contributed by atoms with Crippen LogP contribution in [0.4, 0.5) is 5.69 Å². The first kappa shape index (κ1) is 20.3. The molecule has 5 rings (SSSR count). The molecule has 0 radical (unpaired) electrons. The molecule has 1 aromatic carbocycles. The largest absolute Gasteiger partial charge is 0.479 e. The second kappa shape index (κ2) is 8.15. The molecule has 1 amide bonds. The molecule has 31 heavy (non-hydrogen) atoms. The summed E-state index contributed by atoms with van der Waals surface area (Å²) in [7, 11) is 1.79. The zero-order chi connectivity index (χ0) is 21.5. The molecular weight excluding hydrogens is 414 g/mol. The van der Waals surface area contributed by atoms with Crippen molar-refractivity contribution in [1.82, 2.24) is 19.6 Å². The molecule has 1 saturated heterocycles. The van der Waals surface area contributed by atoms with Gasteiger partial charge in [-0.3, -0.25) is 9.69 Å². The van der Waals surface area contributed by atoms with Crippen molar-refractivity contribution in [3.8, 4) is 17.0 Å². The quantitative estimate of drug-likeness (QED) is 0.679. The fourth-order valence-corrected chi connectivity index (χ4v) is 4.54. The third kappa shape index (κ3) is 3.78. The van der Waals surface area contributed by atoms with Gasteiger partial charge in [0.2, 0.25) is 0 Å². The Labute approximate surface area is 186 Å². The molecule has 1 fully saturated rings. The Hall–Kier alpha value is -2.61. The van der Waals surface area contributed by atoms with Gasteiger partial charge in [-0.2, -0.15) is 0 Å². The number of amides is 1. The van der Waals surface area contributed by atoms with Crippen molar-refractivity contribution >= 4 is 28.8 Å². The van der Waals surface area contributed by atoms with Crippen LogP contribution in [0.5, 0.6) is 5.75 Å². The van der Waals surface area contributed by atoms with Gasteiger partial charge in [-0.1, -0.05) is 11.6 Å². The highest BCUT2D eigenvalue weighted by molar-refractivity contribution is 6.30. The fraction of sp³-hybridized carbons (Fsp3) is 0.391. The van der Waals surface area contributed by atoms with Gasteiger partial charge in [-0.15, -0.1) is 0 Å². The molecule has 2 aromatic heterocycles. The third-order valence-corrected chi connectivity index (χ3v) is 6.29. The summed E-state index contributed by atoms with van der Waals surface area (Å²) in [6, 6.07) is 9.75. The minimum absolute atomic E-state index is 0.0521. The molecule has 0 spiro atoms. The number of aromatic nitrogens is 2. The van der Waals surface area contributed by atoms with Gasteiger partial charge < -0.3 is 19.4 Å². The minimum atomic E-state index is -0.479. The summed E-state index contributed by atoms with van der Waals surface area (Å²) in [5.74, 6) is 0.661. The van der Waals surface area contributed by atoms with Crippen LogP contribution in [-0.2, 0) is 11.3 Å². The number of halogens is 1. The standard InChI is InChI=1S/C23H26ClN5O2/c1-15-23(30)27(2)18-12-16(4-6-20(18)31-15)22-19(14-28-10-3-8-25-9-11-28)29-13-17(24)5-7-21(29)26-22/h4-7,12-13,15,25H,3,8-11,14H2,1-2H3. The van der Waals surface area contributed by atoms with E-state index in [1.54, 1.807) is 18.9 Å².